The third-order valence-electron chi connectivity index (χ3n) is 1.95. The number of benzene rings is 1. The predicted octanol–water partition coefficient (Wildman–Crippen LogP) is 2.22. The zero-order chi connectivity index (χ0) is 8.55. The molecule has 58 valence electrons. The number of thiol groups is 1. The maximum atomic E-state index is 4.36. The van der Waals surface area contributed by atoms with Crippen molar-refractivity contribution >= 4 is 23.7 Å². The Kier molecular flexibility index (Phi) is 2.20. The molecule has 0 aliphatic rings. The van der Waals surface area contributed by atoms with Crippen LogP contribution in [-0.2, 0) is 17.4 Å². The van der Waals surface area contributed by atoms with Gasteiger partial charge in [0.1, 0.15) is 0 Å². The zero-order valence-corrected chi connectivity index (χ0v) is 10.7. The molecule has 1 heterocycles. The summed E-state index contributed by atoms with van der Waals surface area (Å²) in [5.74, 6) is 0. The van der Waals surface area contributed by atoms with Gasteiger partial charge in [0.05, 0.1) is 0 Å². The van der Waals surface area contributed by atoms with Gasteiger partial charge in [0.25, 0.3) is 0 Å². The summed E-state index contributed by atoms with van der Waals surface area (Å²) >= 11 is 3.69. The van der Waals surface area contributed by atoms with Crippen molar-refractivity contribution in [1.82, 2.24) is 8.29 Å². The molecule has 0 unspecified atom stereocenters. The Hall–Kier alpha value is -0.337. The second-order valence-corrected chi connectivity index (χ2v) is 5.70. The van der Waals surface area contributed by atoms with Crippen LogP contribution < -0.4 is 0 Å². The third kappa shape index (κ3) is 1.19. The number of para-hydroxylation sites is 2. The molecule has 2 nitrogen and oxygen atoms in total. The number of hydrogen-bond donors (Lipinski definition) is 1. The summed E-state index contributed by atoms with van der Waals surface area (Å²) in [5.41, 5.74) is 4.58. The Balaban J connectivity index is 2.81. The van der Waals surface area contributed by atoms with Gasteiger partial charge in [-0.2, -0.15) is 0 Å². The molecule has 0 fully saturated rings. The number of hydrogen-bond acceptors (Lipinski definition) is 2. The summed E-state index contributed by atoms with van der Waals surface area (Å²) in [4.78, 5) is 4.36. The van der Waals surface area contributed by atoms with E-state index < -0.39 is 17.4 Å². The number of rotatable bonds is 1. The summed E-state index contributed by atoms with van der Waals surface area (Å²) in [6.45, 7) is 0. The molecule has 0 aliphatic carbocycles. The van der Waals surface area contributed by atoms with Gasteiger partial charge in [-0.25, -0.2) is 0 Å². The molecule has 0 saturated carbocycles. The van der Waals surface area contributed by atoms with Crippen molar-refractivity contribution in [3.05, 3.63) is 24.3 Å². The molecule has 4 heteroatoms. The molecule has 2 rings (SSSR count). The van der Waals surface area contributed by atoms with Gasteiger partial charge in [-0.05, 0) is 0 Å². The van der Waals surface area contributed by atoms with E-state index in [9.17, 15) is 0 Å². The van der Waals surface area contributed by atoms with Crippen LogP contribution in [0.5, 0.6) is 0 Å². The molecule has 0 saturated heterocycles. The van der Waals surface area contributed by atoms with Crippen LogP contribution in [0.3, 0.4) is 0 Å². The van der Waals surface area contributed by atoms with Crippen molar-refractivity contribution in [1.29, 1.82) is 0 Å². The van der Waals surface area contributed by atoms with Crippen LogP contribution in [0.4, 0.5) is 0 Å². The van der Waals surface area contributed by atoms with Gasteiger partial charge in [0.2, 0.25) is 0 Å². The van der Waals surface area contributed by atoms with E-state index in [1.807, 2.05) is 18.2 Å². The van der Waals surface area contributed by atoms with E-state index in [-0.39, 0.29) is 0 Å². The first-order valence-corrected chi connectivity index (χ1v) is 8.71. The summed E-state index contributed by atoms with van der Waals surface area (Å²) in [7, 11) is 0. The first kappa shape index (κ1) is 8.27. The van der Waals surface area contributed by atoms with Crippen molar-refractivity contribution in [3.8, 4) is 0 Å². The second-order valence-electron chi connectivity index (χ2n) is 2.64. The molecule has 0 N–H and O–H groups in total. The van der Waals surface area contributed by atoms with Gasteiger partial charge in [0.15, 0.2) is 0 Å². The van der Waals surface area contributed by atoms with Crippen molar-refractivity contribution in [2.24, 2.45) is 0 Å². The van der Waals surface area contributed by atoms with Crippen LogP contribution in [0.1, 0.15) is 0 Å². The van der Waals surface area contributed by atoms with Crippen LogP contribution >= 0.6 is 12.6 Å². The molecule has 0 radical (unpaired) electrons. The Morgan fingerprint density at radius 2 is 2.17 bits per heavy atom. The molecule has 0 amide bonds. The average molecular weight is 230 g/mol. The average Bonchev–Trinajstić information content (AvgIpc) is 2.40. The second kappa shape index (κ2) is 3.19. The monoisotopic (exact) mass is 228 g/mol. The molecule has 2 aromatic rings. The van der Waals surface area contributed by atoms with Gasteiger partial charge in [-0.1, -0.05) is 0 Å². The molecule has 0 spiro atoms. The standard InChI is InChI=1S/C7H5N2S.CH3.Zn/c10-7-8-5-3-1-2-4-6(5)9-7;;/h1-4H,(H-,8,9,10);1H3;/q-1;;+1. The SMILES string of the molecule is [CH3][Zn][n]1c(S)nc2ccccc21. The zero-order valence-electron chi connectivity index (χ0n) is 6.86. The van der Waals surface area contributed by atoms with Gasteiger partial charge in [0, 0.05) is 0 Å². The predicted molar refractivity (Wildman–Crippen MR) is 48.2 cm³/mol. The van der Waals surface area contributed by atoms with E-state index in [1.54, 1.807) is 0 Å². The van der Waals surface area contributed by atoms with Crippen LogP contribution in [-0.4, -0.2) is 8.29 Å². The van der Waals surface area contributed by atoms with Crippen molar-refractivity contribution < 1.29 is 17.4 Å². The molecule has 1 aromatic carbocycles. The van der Waals surface area contributed by atoms with Crippen molar-refractivity contribution in [3.63, 3.8) is 0 Å². The quantitative estimate of drug-likeness (QED) is 0.587. The van der Waals surface area contributed by atoms with Gasteiger partial charge < -0.3 is 0 Å². The molecular formula is C8H8N2SZn. The van der Waals surface area contributed by atoms with Crippen LogP contribution in [0.2, 0.25) is 5.52 Å². The number of fused-ring (bicyclic) bond motifs is 1. The van der Waals surface area contributed by atoms with Crippen LogP contribution in [0.25, 0.3) is 11.0 Å². The number of nitrogens with zero attached hydrogens (tertiary/aromatic N) is 2. The van der Waals surface area contributed by atoms with Crippen molar-refractivity contribution in [2.45, 2.75) is 10.7 Å². The van der Waals surface area contributed by atoms with Crippen LogP contribution in [0.15, 0.2) is 29.4 Å². The van der Waals surface area contributed by atoms with E-state index in [0.29, 0.717) is 0 Å². The number of aromatic nitrogens is 2. The molecule has 0 aliphatic heterocycles. The third-order valence-corrected chi connectivity index (χ3v) is 5.52. The summed E-state index contributed by atoms with van der Waals surface area (Å²) in [6, 6.07) is 8.20. The van der Waals surface area contributed by atoms with Gasteiger partial charge >= 0.3 is 84.3 Å². The fraction of sp³-hybridized carbons (Fsp3) is 0.125. The molecule has 0 atom stereocenters. The van der Waals surface area contributed by atoms with E-state index >= 15 is 0 Å². The molecular weight excluding hydrogens is 222 g/mol. The minimum absolute atomic E-state index is 0.644. The Labute approximate surface area is 84.3 Å². The van der Waals surface area contributed by atoms with E-state index in [1.165, 1.54) is 5.52 Å². The fourth-order valence-corrected chi connectivity index (χ4v) is 4.34. The first-order valence-electron chi connectivity index (χ1n) is 3.97. The fourth-order valence-electron chi connectivity index (χ4n) is 1.37. The number of imidazole rings is 1. The van der Waals surface area contributed by atoms with Gasteiger partial charge in [-0.15, -0.1) is 0 Å². The molecule has 0 bridgehead atoms. The maximum absolute atomic E-state index is 4.36. The summed E-state index contributed by atoms with van der Waals surface area (Å²) in [6.07, 6.45) is 0. The Morgan fingerprint density at radius 1 is 1.42 bits per heavy atom. The summed E-state index contributed by atoms with van der Waals surface area (Å²) < 4.78 is 2.27. The molecule has 1 aromatic heterocycles. The summed E-state index contributed by atoms with van der Waals surface area (Å²) in [5, 5.41) is 0.874. The van der Waals surface area contributed by atoms with Crippen LogP contribution in [0, 0.1) is 0 Å². The topological polar surface area (TPSA) is 17.8 Å². The van der Waals surface area contributed by atoms with Gasteiger partial charge in [-0.3, -0.25) is 0 Å². The van der Waals surface area contributed by atoms with Crippen molar-refractivity contribution in [2.75, 3.05) is 0 Å². The Bertz CT molecular complexity index is 410. The normalized spacial score (nSPS) is 10.2. The first-order chi connectivity index (χ1) is 5.83. The Morgan fingerprint density at radius 3 is 2.92 bits per heavy atom. The van der Waals surface area contributed by atoms with E-state index in [4.69, 9.17) is 0 Å². The minimum atomic E-state index is -0.644. The molecule has 12 heavy (non-hydrogen) atoms. The van der Waals surface area contributed by atoms with E-state index in [2.05, 4.69) is 32.5 Å². The van der Waals surface area contributed by atoms with E-state index in [0.717, 1.165) is 10.7 Å².